The van der Waals surface area contributed by atoms with E-state index < -0.39 is 24.7 Å². The van der Waals surface area contributed by atoms with Gasteiger partial charge in [-0.15, -0.1) is 0 Å². The third kappa shape index (κ3) is 3.96. The van der Waals surface area contributed by atoms with Crippen molar-refractivity contribution in [1.82, 2.24) is 0 Å². The highest BCUT2D eigenvalue weighted by atomic mass is 35.5. The second-order valence-electron chi connectivity index (χ2n) is 3.32. The van der Waals surface area contributed by atoms with E-state index in [9.17, 15) is 18.0 Å². The molecule has 0 aliphatic carbocycles. The van der Waals surface area contributed by atoms with Crippen LogP contribution >= 0.6 is 23.2 Å². The molecule has 1 aromatic rings. The van der Waals surface area contributed by atoms with Crippen molar-refractivity contribution in [3.63, 3.8) is 0 Å². The van der Waals surface area contributed by atoms with Gasteiger partial charge in [0, 0.05) is 11.1 Å². The fraction of sp³-hybridized carbons (Fsp3) is 0.300. The van der Waals surface area contributed by atoms with Crippen LogP contribution in [0.2, 0.25) is 10.0 Å². The Morgan fingerprint density at radius 1 is 1.39 bits per heavy atom. The number of carbonyl (C=O) groups is 1. The van der Waals surface area contributed by atoms with Crippen molar-refractivity contribution in [2.75, 3.05) is 6.61 Å². The minimum atomic E-state index is -4.89. The number of carboxylic acids is 1. The van der Waals surface area contributed by atoms with Gasteiger partial charge in [-0.3, -0.25) is 4.79 Å². The van der Waals surface area contributed by atoms with Crippen LogP contribution in [0, 0.1) is 5.92 Å². The first-order valence-electron chi connectivity index (χ1n) is 4.59. The fourth-order valence-corrected chi connectivity index (χ4v) is 1.40. The summed E-state index contributed by atoms with van der Waals surface area (Å²) in [5, 5.41) is 8.71. The molecule has 0 fully saturated rings. The van der Waals surface area contributed by atoms with Gasteiger partial charge < -0.3 is 9.84 Å². The van der Waals surface area contributed by atoms with Gasteiger partial charge in [0.1, 0.15) is 12.4 Å². The van der Waals surface area contributed by atoms with Crippen molar-refractivity contribution in [2.45, 2.75) is 6.18 Å². The van der Waals surface area contributed by atoms with Crippen LogP contribution in [0.1, 0.15) is 0 Å². The molecule has 100 valence electrons. The predicted octanol–water partition coefficient (Wildman–Crippen LogP) is 3.64. The minimum absolute atomic E-state index is 0.0470. The standard InChI is InChI=1S/C10H7Cl2F3O3/c11-5-1-2-7(12)8(3-5)18-4-6(9(16)17)10(13,14)15/h1-3,6H,4H2,(H,16,17). The molecule has 18 heavy (non-hydrogen) atoms. The number of rotatable bonds is 4. The van der Waals surface area contributed by atoms with Crippen molar-refractivity contribution in [3.05, 3.63) is 28.2 Å². The Bertz CT molecular complexity index is 448. The highest BCUT2D eigenvalue weighted by molar-refractivity contribution is 6.34. The van der Waals surface area contributed by atoms with E-state index in [4.69, 9.17) is 33.0 Å². The molecule has 3 nitrogen and oxygen atoms in total. The molecule has 0 saturated heterocycles. The molecule has 0 aromatic heterocycles. The zero-order valence-corrected chi connectivity index (χ0v) is 10.2. The van der Waals surface area contributed by atoms with Crippen LogP contribution in [0.3, 0.4) is 0 Å². The van der Waals surface area contributed by atoms with Crippen LogP contribution < -0.4 is 4.74 Å². The Hall–Kier alpha value is -1.14. The molecule has 0 aliphatic heterocycles. The van der Waals surface area contributed by atoms with E-state index in [1.54, 1.807) is 0 Å². The lowest BCUT2D eigenvalue weighted by molar-refractivity contribution is -0.198. The first-order valence-corrected chi connectivity index (χ1v) is 5.35. The van der Waals surface area contributed by atoms with E-state index in [2.05, 4.69) is 0 Å². The monoisotopic (exact) mass is 302 g/mol. The van der Waals surface area contributed by atoms with E-state index in [0.29, 0.717) is 0 Å². The third-order valence-corrected chi connectivity index (χ3v) is 2.54. The fourth-order valence-electron chi connectivity index (χ4n) is 1.07. The molecule has 1 atom stereocenters. The van der Waals surface area contributed by atoms with E-state index in [1.807, 2.05) is 0 Å². The maximum atomic E-state index is 12.3. The van der Waals surface area contributed by atoms with Gasteiger partial charge >= 0.3 is 12.1 Å². The normalized spacial score (nSPS) is 13.2. The molecular weight excluding hydrogens is 296 g/mol. The van der Waals surface area contributed by atoms with Crippen LogP contribution in [0.25, 0.3) is 0 Å². The Kier molecular flexibility index (Phi) is 4.70. The lowest BCUT2D eigenvalue weighted by atomic mass is 10.1. The van der Waals surface area contributed by atoms with Gasteiger partial charge in [0.05, 0.1) is 5.02 Å². The summed E-state index contributed by atoms with van der Waals surface area (Å²) >= 11 is 11.3. The molecule has 1 aromatic carbocycles. The quantitative estimate of drug-likeness (QED) is 0.924. The van der Waals surface area contributed by atoms with Crippen LogP contribution in [-0.4, -0.2) is 23.9 Å². The minimum Gasteiger partial charge on any atom is -0.491 e. The largest absolute Gasteiger partial charge is 0.491 e. The summed E-state index contributed by atoms with van der Waals surface area (Å²) in [7, 11) is 0. The van der Waals surface area contributed by atoms with Gasteiger partial charge in [-0.1, -0.05) is 23.2 Å². The number of aliphatic carboxylic acids is 1. The number of ether oxygens (including phenoxy) is 1. The molecule has 0 heterocycles. The Balaban J connectivity index is 2.79. The van der Waals surface area contributed by atoms with Gasteiger partial charge in [-0.05, 0) is 12.1 Å². The Morgan fingerprint density at radius 3 is 2.50 bits per heavy atom. The molecule has 0 saturated carbocycles. The van der Waals surface area contributed by atoms with Crippen LogP contribution in [0.15, 0.2) is 18.2 Å². The van der Waals surface area contributed by atoms with Crippen LogP contribution in [0.4, 0.5) is 13.2 Å². The topological polar surface area (TPSA) is 46.5 Å². The summed E-state index contributed by atoms with van der Waals surface area (Å²) in [6.45, 7) is -1.07. The molecule has 0 radical (unpaired) electrons. The number of alkyl halides is 3. The van der Waals surface area contributed by atoms with Crippen molar-refractivity contribution in [1.29, 1.82) is 0 Å². The summed E-state index contributed by atoms with van der Waals surface area (Å²) in [6.07, 6.45) is -4.89. The lowest BCUT2D eigenvalue weighted by Crippen LogP contribution is -2.35. The van der Waals surface area contributed by atoms with E-state index >= 15 is 0 Å². The van der Waals surface area contributed by atoms with E-state index in [0.717, 1.165) is 0 Å². The molecule has 1 N–H and O–H groups in total. The number of halogens is 5. The molecular formula is C10H7Cl2F3O3. The Morgan fingerprint density at radius 2 is 2.00 bits per heavy atom. The van der Waals surface area contributed by atoms with Crippen molar-refractivity contribution in [3.8, 4) is 5.75 Å². The van der Waals surface area contributed by atoms with Gasteiger partial charge in [0.2, 0.25) is 0 Å². The summed E-state index contributed by atoms with van der Waals surface area (Å²) in [4.78, 5) is 10.5. The van der Waals surface area contributed by atoms with Gasteiger partial charge in [0.25, 0.3) is 0 Å². The summed E-state index contributed by atoms with van der Waals surface area (Å²) in [5.41, 5.74) is 0. The highest BCUT2D eigenvalue weighted by Gasteiger charge is 2.45. The maximum Gasteiger partial charge on any atom is 0.405 e. The zero-order valence-electron chi connectivity index (χ0n) is 8.67. The second kappa shape index (κ2) is 5.67. The molecule has 0 aliphatic rings. The van der Waals surface area contributed by atoms with Crippen LogP contribution in [-0.2, 0) is 4.79 Å². The maximum absolute atomic E-state index is 12.3. The molecule has 1 rings (SSSR count). The molecule has 0 spiro atoms. The zero-order chi connectivity index (χ0) is 13.9. The first kappa shape index (κ1) is 14.9. The Labute approximate surface area is 110 Å². The summed E-state index contributed by atoms with van der Waals surface area (Å²) < 4.78 is 41.8. The molecule has 8 heteroatoms. The van der Waals surface area contributed by atoms with Gasteiger partial charge in [-0.25, -0.2) is 0 Å². The summed E-state index contributed by atoms with van der Waals surface area (Å²) in [6, 6.07) is 3.97. The van der Waals surface area contributed by atoms with Crippen molar-refractivity contribution in [2.24, 2.45) is 5.92 Å². The lowest BCUT2D eigenvalue weighted by Gasteiger charge is -2.17. The smallest absolute Gasteiger partial charge is 0.405 e. The van der Waals surface area contributed by atoms with E-state index in [-0.39, 0.29) is 15.8 Å². The van der Waals surface area contributed by atoms with Gasteiger partial charge in [0.15, 0.2) is 5.92 Å². The molecule has 1 unspecified atom stereocenters. The highest BCUT2D eigenvalue weighted by Crippen LogP contribution is 2.31. The second-order valence-corrected chi connectivity index (χ2v) is 4.16. The number of benzene rings is 1. The average molecular weight is 303 g/mol. The summed E-state index contributed by atoms with van der Waals surface area (Å²) in [5.74, 6) is -4.73. The van der Waals surface area contributed by atoms with Crippen molar-refractivity contribution >= 4 is 29.2 Å². The third-order valence-electron chi connectivity index (χ3n) is 1.99. The number of hydrogen-bond donors (Lipinski definition) is 1. The number of carboxylic acid groups (broad SMARTS) is 1. The average Bonchev–Trinajstić information content (AvgIpc) is 2.20. The molecule has 0 amide bonds. The SMILES string of the molecule is O=C(O)C(COc1cc(Cl)ccc1Cl)C(F)(F)F. The van der Waals surface area contributed by atoms with Crippen molar-refractivity contribution < 1.29 is 27.8 Å². The van der Waals surface area contributed by atoms with Gasteiger partial charge in [-0.2, -0.15) is 13.2 Å². The van der Waals surface area contributed by atoms with E-state index in [1.165, 1.54) is 18.2 Å². The predicted molar refractivity (Wildman–Crippen MR) is 59.1 cm³/mol. The molecule has 0 bridgehead atoms. The first-order chi connectivity index (χ1) is 8.21. The number of hydrogen-bond acceptors (Lipinski definition) is 2. The van der Waals surface area contributed by atoms with Crippen LogP contribution in [0.5, 0.6) is 5.75 Å².